The SMILES string of the molecule is CC(C)(C)NC(=O)C(C1CCCCC1)N(C(=O)CO)c1ccccc1O. The van der Waals surface area contributed by atoms with Gasteiger partial charge in [-0.05, 0) is 51.7 Å². The Bertz CT molecular complexity index is 633. The number of phenols is 1. The second-order valence-corrected chi connectivity index (χ2v) is 7.99. The normalized spacial score (nSPS) is 16.8. The van der Waals surface area contributed by atoms with E-state index in [0.717, 1.165) is 32.1 Å². The zero-order valence-corrected chi connectivity index (χ0v) is 15.9. The summed E-state index contributed by atoms with van der Waals surface area (Å²) in [5.74, 6) is -0.944. The number of carbonyl (C=O) groups is 2. The van der Waals surface area contributed by atoms with E-state index in [0.29, 0.717) is 0 Å². The van der Waals surface area contributed by atoms with Gasteiger partial charge in [-0.3, -0.25) is 14.5 Å². The molecule has 1 saturated carbocycles. The number of nitrogens with zero attached hydrogens (tertiary/aromatic N) is 1. The first-order valence-electron chi connectivity index (χ1n) is 9.27. The summed E-state index contributed by atoms with van der Waals surface area (Å²) in [5, 5.41) is 22.8. The number of anilines is 1. The summed E-state index contributed by atoms with van der Waals surface area (Å²) < 4.78 is 0. The molecule has 1 aliphatic rings. The Balaban J connectivity index is 2.48. The largest absolute Gasteiger partial charge is 0.506 e. The predicted octanol–water partition coefficient (Wildman–Crippen LogP) is 2.58. The highest BCUT2D eigenvalue weighted by Gasteiger charge is 2.39. The van der Waals surface area contributed by atoms with E-state index in [-0.39, 0.29) is 23.3 Å². The zero-order valence-electron chi connectivity index (χ0n) is 15.9. The Hall–Kier alpha value is -2.08. The molecule has 1 aromatic carbocycles. The van der Waals surface area contributed by atoms with Gasteiger partial charge in [-0.1, -0.05) is 31.4 Å². The van der Waals surface area contributed by atoms with Gasteiger partial charge in [0, 0.05) is 5.54 Å². The highest BCUT2D eigenvalue weighted by molar-refractivity contribution is 6.02. The number of benzene rings is 1. The molecule has 6 heteroatoms. The fraction of sp³-hybridized carbons (Fsp3) is 0.600. The molecular formula is C20H30N2O4. The zero-order chi connectivity index (χ0) is 19.3. The number of hydrogen-bond acceptors (Lipinski definition) is 4. The first kappa shape index (κ1) is 20.2. The van der Waals surface area contributed by atoms with Crippen molar-refractivity contribution in [2.24, 2.45) is 5.92 Å². The minimum absolute atomic E-state index is 0.0128. The fourth-order valence-electron chi connectivity index (χ4n) is 3.62. The molecule has 0 bridgehead atoms. The van der Waals surface area contributed by atoms with Gasteiger partial charge in [0.25, 0.3) is 5.91 Å². The van der Waals surface area contributed by atoms with E-state index in [4.69, 9.17) is 0 Å². The van der Waals surface area contributed by atoms with Crippen LogP contribution >= 0.6 is 0 Å². The number of rotatable bonds is 5. The molecule has 2 amide bonds. The van der Waals surface area contributed by atoms with Crippen LogP contribution in [0.1, 0.15) is 52.9 Å². The lowest BCUT2D eigenvalue weighted by atomic mass is 9.82. The van der Waals surface area contributed by atoms with Crippen LogP contribution in [0, 0.1) is 5.92 Å². The molecular weight excluding hydrogens is 332 g/mol. The molecule has 144 valence electrons. The summed E-state index contributed by atoms with van der Waals surface area (Å²) in [6.45, 7) is 4.95. The van der Waals surface area contributed by atoms with Crippen molar-refractivity contribution in [1.29, 1.82) is 0 Å². The third kappa shape index (κ3) is 4.97. The van der Waals surface area contributed by atoms with Crippen molar-refractivity contribution in [1.82, 2.24) is 5.32 Å². The van der Waals surface area contributed by atoms with Crippen LogP contribution in [0.2, 0.25) is 0 Å². The Labute approximate surface area is 155 Å². The maximum Gasteiger partial charge on any atom is 0.253 e. The van der Waals surface area contributed by atoms with Gasteiger partial charge in [0.1, 0.15) is 18.4 Å². The minimum atomic E-state index is -0.762. The molecule has 26 heavy (non-hydrogen) atoms. The molecule has 0 spiro atoms. The molecule has 2 rings (SSSR count). The van der Waals surface area contributed by atoms with Gasteiger partial charge in [-0.25, -0.2) is 0 Å². The Morgan fingerprint density at radius 3 is 2.35 bits per heavy atom. The van der Waals surface area contributed by atoms with Crippen molar-refractivity contribution >= 4 is 17.5 Å². The van der Waals surface area contributed by atoms with Gasteiger partial charge < -0.3 is 15.5 Å². The second kappa shape index (κ2) is 8.54. The number of amides is 2. The highest BCUT2D eigenvalue weighted by Crippen LogP contribution is 2.35. The number of carbonyl (C=O) groups excluding carboxylic acids is 2. The molecule has 0 saturated heterocycles. The van der Waals surface area contributed by atoms with Crippen LogP contribution in [0.15, 0.2) is 24.3 Å². The standard InChI is InChI=1S/C20H30N2O4/c1-20(2,3)21-19(26)18(14-9-5-4-6-10-14)22(17(25)13-23)15-11-7-8-12-16(15)24/h7-8,11-12,14,18,23-24H,4-6,9-10,13H2,1-3H3,(H,21,26). The number of aliphatic hydroxyl groups is 1. The van der Waals surface area contributed by atoms with E-state index < -0.39 is 24.1 Å². The highest BCUT2D eigenvalue weighted by atomic mass is 16.3. The van der Waals surface area contributed by atoms with Crippen molar-refractivity contribution in [3.8, 4) is 5.75 Å². The van der Waals surface area contributed by atoms with Crippen molar-refractivity contribution in [2.45, 2.75) is 64.5 Å². The van der Waals surface area contributed by atoms with Crippen LogP contribution in [0.4, 0.5) is 5.69 Å². The molecule has 0 heterocycles. The Kier molecular flexibility index (Phi) is 6.64. The van der Waals surface area contributed by atoms with E-state index in [9.17, 15) is 19.8 Å². The minimum Gasteiger partial charge on any atom is -0.506 e. The van der Waals surface area contributed by atoms with E-state index in [1.165, 1.54) is 11.0 Å². The molecule has 1 aromatic rings. The second-order valence-electron chi connectivity index (χ2n) is 7.99. The maximum atomic E-state index is 13.1. The average Bonchev–Trinajstić information content (AvgIpc) is 2.59. The van der Waals surface area contributed by atoms with Crippen LogP contribution < -0.4 is 10.2 Å². The molecule has 1 fully saturated rings. The number of aromatic hydroxyl groups is 1. The van der Waals surface area contributed by atoms with Crippen LogP contribution in [0.5, 0.6) is 5.75 Å². The predicted molar refractivity (Wildman–Crippen MR) is 101 cm³/mol. The van der Waals surface area contributed by atoms with E-state index in [1.807, 2.05) is 20.8 Å². The summed E-state index contributed by atoms with van der Waals surface area (Å²) in [6.07, 6.45) is 4.81. The Morgan fingerprint density at radius 1 is 1.19 bits per heavy atom. The number of aliphatic hydroxyl groups excluding tert-OH is 1. The van der Waals surface area contributed by atoms with Gasteiger partial charge in [0.05, 0.1) is 5.69 Å². The lowest BCUT2D eigenvalue weighted by molar-refractivity contribution is -0.130. The summed E-state index contributed by atoms with van der Waals surface area (Å²) in [4.78, 5) is 27.0. The lowest BCUT2D eigenvalue weighted by Gasteiger charge is -2.39. The molecule has 3 N–H and O–H groups in total. The van der Waals surface area contributed by atoms with Crippen molar-refractivity contribution in [3.05, 3.63) is 24.3 Å². The Morgan fingerprint density at radius 2 is 1.81 bits per heavy atom. The third-order valence-electron chi connectivity index (χ3n) is 4.69. The van der Waals surface area contributed by atoms with Gasteiger partial charge in [-0.2, -0.15) is 0 Å². The quantitative estimate of drug-likeness (QED) is 0.751. The average molecular weight is 362 g/mol. The first-order valence-corrected chi connectivity index (χ1v) is 9.27. The molecule has 1 aliphatic carbocycles. The van der Waals surface area contributed by atoms with E-state index >= 15 is 0 Å². The van der Waals surface area contributed by atoms with Gasteiger partial charge in [0.15, 0.2) is 0 Å². The van der Waals surface area contributed by atoms with E-state index in [1.54, 1.807) is 18.2 Å². The maximum absolute atomic E-state index is 13.1. The third-order valence-corrected chi connectivity index (χ3v) is 4.69. The van der Waals surface area contributed by atoms with E-state index in [2.05, 4.69) is 5.32 Å². The summed E-state index contributed by atoms with van der Waals surface area (Å²) in [5.41, 5.74) is -0.192. The first-order chi connectivity index (χ1) is 12.2. The number of nitrogens with one attached hydrogen (secondary N) is 1. The van der Waals surface area contributed by atoms with Gasteiger partial charge in [0.2, 0.25) is 5.91 Å². The lowest BCUT2D eigenvalue weighted by Crippen LogP contribution is -2.57. The molecule has 0 aliphatic heterocycles. The van der Waals surface area contributed by atoms with Crippen molar-refractivity contribution in [3.63, 3.8) is 0 Å². The van der Waals surface area contributed by atoms with Crippen LogP contribution in [0.25, 0.3) is 0 Å². The summed E-state index contributed by atoms with van der Waals surface area (Å²) in [6, 6.07) is 5.68. The fourth-order valence-corrected chi connectivity index (χ4v) is 3.62. The molecule has 1 unspecified atom stereocenters. The smallest absolute Gasteiger partial charge is 0.253 e. The van der Waals surface area contributed by atoms with Gasteiger partial charge in [-0.15, -0.1) is 0 Å². The summed E-state index contributed by atoms with van der Waals surface area (Å²) in [7, 11) is 0. The van der Waals surface area contributed by atoms with Crippen LogP contribution in [0.3, 0.4) is 0 Å². The summed E-state index contributed by atoms with van der Waals surface area (Å²) >= 11 is 0. The van der Waals surface area contributed by atoms with Gasteiger partial charge >= 0.3 is 0 Å². The molecule has 1 atom stereocenters. The number of phenolic OH excluding ortho intramolecular Hbond substituents is 1. The number of para-hydroxylation sites is 2. The molecule has 6 nitrogen and oxygen atoms in total. The van der Waals surface area contributed by atoms with Crippen LogP contribution in [-0.4, -0.2) is 40.2 Å². The van der Waals surface area contributed by atoms with Crippen molar-refractivity contribution in [2.75, 3.05) is 11.5 Å². The monoisotopic (exact) mass is 362 g/mol. The number of hydrogen-bond donors (Lipinski definition) is 3. The van der Waals surface area contributed by atoms with Crippen molar-refractivity contribution < 1.29 is 19.8 Å². The molecule has 0 aromatic heterocycles. The molecule has 0 radical (unpaired) electrons. The topological polar surface area (TPSA) is 89.9 Å². The van der Waals surface area contributed by atoms with Crippen LogP contribution in [-0.2, 0) is 9.59 Å².